The van der Waals surface area contributed by atoms with Crippen LogP contribution < -0.4 is 10.1 Å². The topological polar surface area (TPSA) is 73.9 Å². The fourth-order valence-electron chi connectivity index (χ4n) is 1.82. The number of allylic oxidation sites excluding steroid dienone is 1. The van der Waals surface area contributed by atoms with E-state index in [0.29, 0.717) is 17.0 Å². The summed E-state index contributed by atoms with van der Waals surface area (Å²) in [6.45, 7) is 4.19. The zero-order chi connectivity index (χ0) is 19.7. The highest BCUT2D eigenvalue weighted by Gasteiger charge is 2.26. The van der Waals surface area contributed by atoms with Gasteiger partial charge < -0.3 is 14.2 Å². The molecule has 1 aromatic rings. The third kappa shape index (κ3) is 6.22. The molecule has 0 aliphatic rings. The monoisotopic (exact) mass is 387 g/mol. The summed E-state index contributed by atoms with van der Waals surface area (Å²) in [5, 5.41) is 2.50. The molecule has 0 aliphatic carbocycles. The molecule has 0 spiro atoms. The molecule has 0 aliphatic heterocycles. The molecular weight excluding hydrogens is 365 g/mol. The largest absolute Gasteiger partial charge is 0.484 e. The third-order valence-corrected chi connectivity index (χ3v) is 4.10. The van der Waals surface area contributed by atoms with Crippen molar-refractivity contribution in [3.05, 3.63) is 35.9 Å². The van der Waals surface area contributed by atoms with Crippen LogP contribution in [0.4, 0.5) is 14.9 Å². The Morgan fingerprint density at radius 3 is 2.42 bits per heavy atom. The van der Waals surface area contributed by atoms with Crippen LogP contribution in [-0.2, 0) is 14.3 Å². The van der Waals surface area contributed by atoms with Gasteiger partial charge in [0.1, 0.15) is 18.0 Å². The quantitative estimate of drug-likeness (QED) is 0.413. The van der Waals surface area contributed by atoms with E-state index in [1.165, 1.54) is 7.11 Å². The average molecular weight is 388 g/mol. The van der Waals surface area contributed by atoms with Gasteiger partial charge in [0.05, 0.1) is 13.0 Å². The van der Waals surface area contributed by atoms with Crippen LogP contribution in [0.25, 0.3) is 0 Å². The van der Waals surface area contributed by atoms with Crippen molar-refractivity contribution in [3.8, 4) is 5.75 Å². The molecule has 8 heteroatoms. The minimum absolute atomic E-state index is 0.00492. The smallest absolute Gasteiger partial charge is 0.412 e. The van der Waals surface area contributed by atoms with Gasteiger partial charge in [-0.1, -0.05) is 6.08 Å². The van der Waals surface area contributed by atoms with Gasteiger partial charge in [-0.2, -0.15) is 0 Å². The van der Waals surface area contributed by atoms with Gasteiger partial charge in [0.25, 0.3) is 0 Å². The van der Waals surface area contributed by atoms with E-state index in [0.717, 1.165) is 0 Å². The van der Waals surface area contributed by atoms with Crippen LogP contribution in [0.1, 0.15) is 20.8 Å². The number of anilines is 1. The Kier molecular flexibility index (Phi) is 8.38. The molecule has 144 valence electrons. The fourth-order valence-corrected chi connectivity index (χ4v) is 1.95. The SMILES string of the molecule is C/C=C(\C)C(OC(=O)Nc1ccc(OC(C)(CF)CCl)cc1)C(=O)OC. The van der Waals surface area contributed by atoms with Crippen LogP contribution in [0, 0.1) is 0 Å². The standard InChI is InChI=1S/C18H23ClFNO5/c1-5-12(2)15(16(22)24-4)25-17(23)21-13-6-8-14(9-7-13)26-18(3,10-19)11-20/h5-9,15H,10-11H2,1-4H3,(H,21,23)/b12-5+. The van der Waals surface area contributed by atoms with Crippen molar-refractivity contribution >= 4 is 29.4 Å². The molecule has 0 heterocycles. The Hall–Kier alpha value is -2.28. The van der Waals surface area contributed by atoms with Gasteiger partial charge in [0.15, 0.2) is 0 Å². The molecule has 0 bridgehead atoms. The summed E-state index contributed by atoms with van der Waals surface area (Å²) >= 11 is 5.70. The summed E-state index contributed by atoms with van der Waals surface area (Å²) in [5.41, 5.74) is -0.160. The Labute approximate surface area is 157 Å². The molecule has 2 atom stereocenters. The predicted octanol–water partition coefficient (Wildman–Crippen LogP) is 4.09. The van der Waals surface area contributed by atoms with E-state index in [-0.39, 0.29) is 5.88 Å². The van der Waals surface area contributed by atoms with E-state index in [2.05, 4.69) is 10.1 Å². The second-order valence-electron chi connectivity index (χ2n) is 5.81. The molecule has 26 heavy (non-hydrogen) atoms. The number of halogens is 2. The number of methoxy groups -OCH3 is 1. The van der Waals surface area contributed by atoms with Crippen LogP contribution in [0.15, 0.2) is 35.9 Å². The lowest BCUT2D eigenvalue weighted by Gasteiger charge is -2.25. The maximum atomic E-state index is 13.0. The summed E-state index contributed by atoms with van der Waals surface area (Å²) in [6, 6.07) is 6.23. The normalized spacial score (nSPS) is 14.8. The Morgan fingerprint density at radius 1 is 1.35 bits per heavy atom. The second-order valence-corrected chi connectivity index (χ2v) is 6.08. The van der Waals surface area contributed by atoms with Crippen molar-refractivity contribution in [1.82, 2.24) is 0 Å². The first-order valence-corrected chi connectivity index (χ1v) is 8.41. The van der Waals surface area contributed by atoms with Crippen molar-refractivity contribution in [1.29, 1.82) is 0 Å². The van der Waals surface area contributed by atoms with Gasteiger partial charge in [-0.3, -0.25) is 5.32 Å². The van der Waals surface area contributed by atoms with Gasteiger partial charge >= 0.3 is 12.1 Å². The van der Waals surface area contributed by atoms with Crippen molar-refractivity contribution in [2.24, 2.45) is 0 Å². The number of alkyl halides is 2. The maximum Gasteiger partial charge on any atom is 0.412 e. The number of rotatable bonds is 8. The number of carbonyl (C=O) groups excluding carboxylic acids is 2. The van der Waals surface area contributed by atoms with Crippen molar-refractivity contribution in [2.75, 3.05) is 25.0 Å². The summed E-state index contributed by atoms with van der Waals surface area (Å²) in [7, 11) is 1.21. The van der Waals surface area contributed by atoms with Crippen molar-refractivity contribution in [3.63, 3.8) is 0 Å². The lowest BCUT2D eigenvalue weighted by Crippen LogP contribution is -2.36. The lowest BCUT2D eigenvalue weighted by atomic mass is 10.1. The number of hydrogen-bond donors (Lipinski definition) is 1. The number of carbonyl (C=O) groups is 2. The van der Waals surface area contributed by atoms with E-state index < -0.39 is 30.4 Å². The van der Waals surface area contributed by atoms with E-state index >= 15 is 0 Å². The van der Waals surface area contributed by atoms with Crippen molar-refractivity contribution < 1.29 is 28.2 Å². The van der Waals surface area contributed by atoms with Gasteiger partial charge in [-0.25, -0.2) is 14.0 Å². The van der Waals surface area contributed by atoms with Crippen LogP contribution >= 0.6 is 11.6 Å². The molecule has 1 amide bonds. The average Bonchev–Trinajstić information content (AvgIpc) is 2.66. The third-order valence-electron chi connectivity index (χ3n) is 3.54. The number of benzene rings is 1. The second kappa shape index (κ2) is 10.0. The Bertz CT molecular complexity index is 643. The zero-order valence-corrected chi connectivity index (χ0v) is 15.9. The first-order chi connectivity index (χ1) is 12.3. The van der Waals surface area contributed by atoms with E-state index in [4.69, 9.17) is 21.1 Å². The van der Waals surface area contributed by atoms with Crippen LogP contribution in [0.5, 0.6) is 5.75 Å². The Morgan fingerprint density at radius 2 is 1.96 bits per heavy atom. The number of hydrogen-bond acceptors (Lipinski definition) is 5. The number of amides is 1. The number of nitrogens with one attached hydrogen (secondary N) is 1. The molecule has 2 unspecified atom stereocenters. The van der Waals surface area contributed by atoms with Gasteiger partial charge in [0.2, 0.25) is 6.10 Å². The highest BCUT2D eigenvalue weighted by molar-refractivity contribution is 6.18. The molecule has 0 fully saturated rings. The molecule has 0 saturated heterocycles. The zero-order valence-electron chi connectivity index (χ0n) is 15.2. The molecule has 0 aromatic heterocycles. The number of ether oxygens (including phenoxy) is 3. The molecule has 0 radical (unpaired) electrons. The molecule has 1 aromatic carbocycles. The molecule has 1 N–H and O–H groups in total. The van der Waals surface area contributed by atoms with Crippen molar-refractivity contribution in [2.45, 2.75) is 32.5 Å². The van der Waals surface area contributed by atoms with Crippen LogP contribution in [0.3, 0.4) is 0 Å². The van der Waals surface area contributed by atoms with Gasteiger partial charge in [-0.15, -0.1) is 11.6 Å². The molecule has 1 rings (SSSR count). The summed E-state index contributed by atoms with van der Waals surface area (Å²) < 4.78 is 28.2. The first kappa shape index (κ1) is 21.8. The van der Waals surface area contributed by atoms with Crippen LogP contribution in [0.2, 0.25) is 0 Å². The van der Waals surface area contributed by atoms with E-state index in [1.54, 1.807) is 51.1 Å². The van der Waals surface area contributed by atoms with Gasteiger partial charge in [0, 0.05) is 5.69 Å². The van der Waals surface area contributed by atoms with E-state index in [1.807, 2.05) is 0 Å². The van der Waals surface area contributed by atoms with E-state index in [9.17, 15) is 14.0 Å². The summed E-state index contributed by atoms with van der Waals surface area (Å²) in [4.78, 5) is 23.7. The molecular formula is C18H23ClFNO5. The highest BCUT2D eigenvalue weighted by atomic mass is 35.5. The summed E-state index contributed by atoms with van der Waals surface area (Å²) in [6.07, 6.45) is -0.286. The first-order valence-electron chi connectivity index (χ1n) is 7.88. The maximum absolute atomic E-state index is 13.0. The minimum atomic E-state index is -1.12. The fraction of sp³-hybridized carbons (Fsp3) is 0.444. The predicted molar refractivity (Wildman–Crippen MR) is 97.5 cm³/mol. The van der Waals surface area contributed by atoms with Gasteiger partial charge in [-0.05, 0) is 50.6 Å². The molecule has 0 saturated carbocycles. The summed E-state index contributed by atoms with van der Waals surface area (Å²) in [5.74, 6) is -0.275. The minimum Gasteiger partial charge on any atom is -0.484 e. The Balaban J connectivity index is 2.74. The lowest BCUT2D eigenvalue weighted by molar-refractivity contribution is -0.148. The number of esters is 1. The van der Waals surface area contributed by atoms with Crippen LogP contribution in [-0.4, -0.2) is 43.4 Å². The highest BCUT2D eigenvalue weighted by Crippen LogP contribution is 2.22. The molecule has 6 nitrogen and oxygen atoms in total.